The van der Waals surface area contributed by atoms with E-state index in [4.69, 9.17) is 9.47 Å². The number of hydrogen-bond donors (Lipinski definition) is 1. The van der Waals surface area contributed by atoms with Crippen molar-refractivity contribution in [1.29, 1.82) is 0 Å². The van der Waals surface area contributed by atoms with Crippen LogP contribution >= 0.6 is 0 Å². The van der Waals surface area contributed by atoms with Gasteiger partial charge in [0.1, 0.15) is 17.3 Å². The monoisotopic (exact) mass is 449 g/mol. The molecule has 2 aromatic carbocycles. The Labute approximate surface area is 194 Å². The van der Waals surface area contributed by atoms with Crippen LogP contribution < -0.4 is 9.47 Å². The summed E-state index contributed by atoms with van der Waals surface area (Å²) in [4.78, 5) is 28.2. The second kappa shape index (κ2) is 10.1. The van der Waals surface area contributed by atoms with Crippen molar-refractivity contribution in [3.63, 3.8) is 0 Å². The molecular formula is C27H31NO5. The number of hydrogen-bond acceptors (Lipinski definition) is 5. The second-order valence-electron chi connectivity index (χ2n) is 8.53. The van der Waals surface area contributed by atoms with Gasteiger partial charge < -0.3 is 19.5 Å². The highest BCUT2D eigenvalue weighted by Crippen LogP contribution is 2.44. The van der Waals surface area contributed by atoms with Gasteiger partial charge in [-0.1, -0.05) is 44.0 Å². The Morgan fingerprint density at radius 3 is 2.39 bits per heavy atom. The molecule has 1 saturated heterocycles. The lowest BCUT2D eigenvalue weighted by Crippen LogP contribution is -2.37. The van der Waals surface area contributed by atoms with E-state index in [0.717, 1.165) is 37.7 Å². The number of Topliss-reactive ketones (excluding diaryl/α,β-unsaturated/α-hetero) is 1. The van der Waals surface area contributed by atoms with Crippen LogP contribution in [-0.4, -0.2) is 41.0 Å². The average molecular weight is 450 g/mol. The minimum atomic E-state index is -0.659. The van der Waals surface area contributed by atoms with E-state index >= 15 is 0 Å². The van der Waals surface area contributed by atoms with Gasteiger partial charge in [0.2, 0.25) is 0 Å². The van der Waals surface area contributed by atoms with Gasteiger partial charge in [0.15, 0.2) is 0 Å². The molecule has 2 aromatic rings. The molecule has 0 spiro atoms. The van der Waals surface area contributed by atoms with Crippen LogP contribution in [-0.2, 0) is 9.59 Å². The largest absolute Gasteiger partial charge is 0.507 e. The molecule has 1 unspecified atom stereocenters. The molecule has 33 heavy (non-hydrogen) atoms. The first-order chi connectivity index (χ1) is 16.0. The van der Waals surface area contributed by atoms with Crippen LogP contribution in [0.3, 0.4) is 0 Å². The zero-order valence-electron chi connectivity index (χ0n) is 19.3. The molecule has 1 heterocycles. The fraction of sp³-hybridized carbons (Fsp3) is 0.407. The highest BCUT2D eigenvalue weighted by molar-refractivity contribution is 6.46. The highest BCUT2D eigenvalue weighted by Gasteiger charge is 2.49. The number of aliphatic hydroxyl groups excluding tert-OH is 1. The molecule has 0 bridgehead atoms. The molecule has 4 rings (SSSR count). The molecule has 1 aliphatic carbocycles. The van der Waals surface area contributed by atoms with Crippen molar-refractivity contribution < 1.29 is 24.2 Å². The SMILES string of the molecule is CCCOc1cccc(/C(O)=C2/C(=O)C(=O)N(C3CCCC3)C2c2cccc(OCC)c2)c1. The fourth-order valence-corrected chi connectivity index (χ4v) is 4.79. The van der Waals surface area contributed by atoms with E-state index in [0.29, 0.717) is 30.3 Å². The standard InChI is InChI=1S/C27H31NO5/c1-3-15-33-22-14-8-10-19(17-22)25(29)23-24(18-9-7-13-21(16-18)32-4-2)28(27(31)26(23)30)20-11-5-6-12-20/h7-10,13-14,16-17,20,24,29H,3-6,11-12,15H2,1-2H3/b25-23-. The summed E-state index contributed by atoms with van der Waals surface area (Å²) in [5.74, 6) is -0.0925. The molecule has 1 saturated carbocycles. The van der Waals surface area contributed by atoms with E-state index in [1.807, 2.05) is 44.2 Å². The minimum Gasteiger partial charge on any atom is -0.507 e. The van der Waals surface area contributed by atoms with Crippen LogP contribution in [0.25, 0.3) is 5.76 Å². The van der Waals surface area contributed by atoms with Gasteiger partial charge >= 0.3 is 0 Å². The Morgan fingerprint density at radius 1 is 1.00 bits per heavy atom. The van der Waals surface area contributed by atoms with Gasteiger partial charge in [-0.05, 0) is 56.0 Å². The van der Waals surface area contributed by atoms with Crippen molar-refractivity contribution >= 4 is 17.4 Å². The van der Waals surface area contributed by atoms with E-state index < -0.39 is 17.7 Å². The van der Waals surface area contributed by atoms with Crippen molar-refractivity contribution in [1.82, 2.24) is 4.90 Å². The first-order valence-corrected chi connectivity index (χ1v) is 11.8. The number of rotatable bonds is 8. The first-order valence-electron chi connectivity index (χ1n) is 11.8. The van der Waals surface area contributed by atoms with Crippen LogP contribution in [0.2, 0.25) is 0 Å². The Bertz CT molecular complexity index is 1050. The van der Waals surface area contributed by atoms with Crippen molar-refractivity contribution in [2.75, 3.05) is 13.2 Å². The van der Waals surface area contributed by atoms with Crippen LogP contribution in [0.15, 0.2) is 54.1 Å². The summed E-state index contributed by atoms with van der Waals surface area (Å²) < 4.78 is 11.4. The van der Waals surface area contributed by atoms with Crippen LogP contribution in [0.1, 0.15) is 63.1 Å². The summed E-state index contributed by atoms with van der Waals surface area (Å²) in [7, 11) is 0. The lowest BCUT2D eigenvalue weighted by Gasteiger charge is -2.31. The molecule has 1 atom stereocenters. The van der Waals surface area contributed by atoms with Crippen LogP contribution in [0.5, 0.6) is 11.5 Å². The van der Waals surface area contributed by atoms with E-state index in [-0.39, 0.29) is 17.4 Å². The number of likely N-dealkylation sites (tertiary alicyclic amines) is 1. The predicted molar refractivity (Wildman–Crippen MR) is 126 cm³/mol. The second-order valence-corrected chi connectivity index (χ2v) is 8.53. The Balaban J connectivity index is 1.83. The van der Waals surface area contributed by atoms with Crippen molar-refractivity contribution in [2.45, 2.75) is 58.0 Å². The molecule has 6 heteroatoms. The summed E-state index contributed by atoms with van der Waals surface area (Å²) in [5.41, 5.74) is 1.33. The maximum Gasteiger partial charge on any atom is 0.295 e. The third-order valence-electron chi connectivity index (χ3n) is 6.26. The fourth-order valence-electron chi connectivity index (χ4n) is 4.79. The first kappa shape index (κ1) is 22.9. The Morgan fingerprint density at radius 2 is 1.70 bits per heavy atom. The Kier molecular flexibility index (Phi) is 7.02. The van der Waals surface area contributed by atoms with Crippen molar-refractivity contribution in [3.8, 4) is 11.5 Å². The van der Waals surface area contributed by atoms with Gasteiger partial charge in [-0.25, -0.2) is 0 Å². The third-order valence-corrected chi connectivity index (χ3v) is 6.26. The minimum absolute atomic E-state index is 0.0216. The van der Waals surface area contributed by atoms with E-state index in [1.54, 1.807) is 23.1 Å². The summed E-state index contributed by atoms with van der Waals surface area (Å²) in [6, 6.07) is 13.8. The number of aliphatic hydroxyl groups is 1. The number of benzene rings is 2. The number of amides is 1. The maximum absolute atomic E-state index is 13.3. The van der Waals surface area contributed by atoms with Crippen molar-refractivity contribution in [3.05, 3.63) is 65.2 Å². The van der Waals surface area contributed by atoms with Gasteiger partial charge in [0.05, 0.1) is 24.8 Å². The van der Waals surface area contributed by atoms with Crippen molar-refractivity contribution in [2.24, 2.45) is 0 Å². The normalized spacial score (nSPS) is 20.4. The molecule has 174 valence electrons. The number of ketones is 1. The zero-order chi connectivity index (χ0) is 23.4. The molecule has 0 radical (unpaired) electrons. The number of carbonyl (C=O) groups excluding carboxylic acids is 2. The molecular weight excluding hydrogens is 418 g/mol. The molecule has 1 amide bonds. The topological polar surface area (TPSA) is 76.1 Å². The molecule has 1 N–H and O–H groups in total. The molecule has 2 fully saturated rings. The lowest BCUT2D eigenvalue weighted by molar-refractivity contribution is -0.141. The summed E-state index contributed by atoms with van der Waals surface area (Å²) >= 11 is 0. The van der Waals surface area contributed by atoms with Crippen LogP contribution in [0, 0.1) is 0 Å². The summed E-state index contributed by atoms with van der Waals surface area (Å²) in [5, 5.41) is 11.3. The highest BCUT2D eigenvalue weighted by atomic mass is 16.5. The third kappa shape index (κ3) is 4.61. The Hall–Kier alpha value is -3.28. The van der Waals surface area contributed by atoms with E-state index in [2.05, 4.69) is 0 Å². The van der Waals surface area contributed by atoms with E-state index in [9.17, 15) is 14.7 Å². The van der Waals surface area contributed by atoms with Gasteiger partial charge in [-0.3, -0.25) is 9.59 Å². The van der Waals surface area contributed by atoms with E-state index in [1.165, 1.54) is 0 Å². The summed E-state index contributed by atoms with van der Waals surface area (Å²) in [6.07, 6.45) is 4.62. The van der Waals surface area contributed by atoms with Gasteiger partial charge in [0.25, 0.3) is 11.7 Å². The average Bonchev–Trinajstić information content (AvgIpc) is 3.44. The lowest BCUT2D eigenvalue weighted by atomic mass is 9.94. The molecule has 2 aliphatic rings. The van der Waals surface area contributed by atoms with Gasteiger partial charge in [-0.15, -0.1) is 0 Å². The smallest absolute Gasteiger partial charge is 0.295 e. The number of ether oxygens (including phenoxy) is 2. The molecule has 6 nitrogen and oxygen atoms in total. The number of carbonyl (C=O) groups is 2. The zero-order valence-corrected chi connectivity index (χ0v) is 19.3. The molecule has 0 aromatic heterocycles. The van der Waals surface area contributed by atoms with Crippen LogP contribution in [0.4, 0.5) is 0 Å². The predicted octanol–water partition coefficient (Wildman–Crippen LogP) is 5.24. The van der Waals surface area contributed by atoms with Gasteiger partial charge in [0, 0.05) is 11.6 Å². The summed E-state index contributed by atoms with van der Waals surface area (Å²) in [6.45, 7) is 4.99. The quantitative estimate of drug-likeness (QED) is 0.339. The number of nitrogens with zero attached hydrogens (tertiary/aromatic N) is 1. The maximum atomic E-state index is 13.3. The van der Waals surface area contributed by atoms with Gasteiger partial charge in [-0.2, -0.15) is 0 Å². The molecule has 1 aliphatic heterocycles.